The standard InChI is InChI=1S/C42H72O14P2/c1-3-5-7-8-9-10-11-12-13-14-15-18-21-24-28-32-41(45)52-36-40(37-55-58(50,51)54-35-39(44)34-53-57(47,48)49)56-42(46)33-29-25-22-19-16-17-20-23-27-31-38(43)30-26-6-4-2/h9-10,12-13,15,18,20,23,27,31,39-40,44H,3-8,11,14,16-17,19,21-22,24-26,28-30,32-37H2,1-2H3,(H,50,51)(H2,47,48,49)/b10-9-,13-12-,18-15-,23-20-,31-27+/t39-,40+/m0/s1. The van der Waals surface area contributed by atoms with Crippen molar-refractivity contribution < 1.29 is 66.3 Å². The predicted molar refractivity (Wildman–Crippen MR) is 226 cm³/mol. The van der Waals surface area contributed by atoms with Crippen molar-refractivity contribution in [3.63, 3.8) is 0 Å². The van der Waals surface area contributed by atoms with Crippen LogP contribution in [0, 0.1) is 0 Å². The van der Waals surface area contributed by atoms with Crippen LogP contribution in [-0.2, 0) is 46.6 Å². The minimum atomic E-state index is -4.88. The summed E-state index contributed by atoms with van der Waals surface area (Å²) in [6, 6.07) is 0. The first-order chi connectivity index (χ1) is 27.8. The van der Waals surface area contributed by atoms with Crippen LogP contribution in [0.25, 0.3) is 0 Å². The highest BCUT2D eigenvalue weighted by molar-refractivity contribution is 7.47. The molecule has 0 heterocycles. The Kier molecular flexibility index (Phi) is 35.9. The minimum Gasteiger partial charge on any atom is -0.462 e. The van der Waals surface area contributed by atoms with Crippen LogP contribution in [0.5, 0.6) is 0 Å². The van der Waals surface area contributed by atoms with Crippen molar-refractivity contribution in [3.05, 3.63) is 60.8 Å². The van der Waals surface area contributed by atoms with Gasteiger partial charge in [-0.1, -0.05) is 113 Å². The maximum Gasteiger partial charge on any atom is 0.472 e. The molecule has 0 bridgehead atoms. The van der Waals surface area contributed by atoms with E-state index in [1.807, 2.05) is 12.2 Å². The van der Waals surface area contributed by atoms with Gasteiger partial charge in [-0.3, -0.25) is 28.0 Å². The molecule has 1 unspecified atom stereocenters. The molecular formula is C42H72O14P2. The molecule has 0 aliphatic heterocycles. The smallest absolute Gasteiger partial charge is 0.462 e. The molecule has 0 spiro atoms. The van der Waals surface area contributed by atoms with Crippen molar-refractivity contribution in [2.75, 3.05) is 26.4 Å². The predicted octanol–water partition coefficient (Wildman–Crippen LogP) is 9.63. The lowest BCUT2D eigenvalue weighted by Crippen LogP contribution is -2.30. The van der Waals surface area contributed by atoms with Crippen LogP contribution in [0.1, 0.15) is 149 Å². The summed E-state index contributed by atoms with van der Waals surface area (Å²) in [4.78, 5) is 64.3. The Morgan fingerprint density at radius 3 is 1.72 bits per heavy atom. The van der Waals surface area contributed by atoms with Crippen molar-refractivity contribution in [3.8, 4) is 0 Å². The molecule has 0 aromatic rings. The molecule has 0 aromatic carbocycles. The fourth-order valence-electron chi connectivity index (χ4n) is 5.10. The SMILES string of the molecule is CCCCC/C=C\C/C=C\C/C=C\CCCCC(=O)OC[C@H](COP(=O)(O)OC[C@@H](O)COP(=O)(O)O)OC(=O)CCCCCCC/C=C\C=C\C(=O)CCCCC. The summed E-state index contributed by atoms with van der Waals surface area (Å²) in [6.07, 6.45) is 34.9. The quantitative estimate of drug-likeness (QED) is 0.0113. The summed E-state index contributed by atoms with van der Waals surface area (Å²) in [5, 5.41) is 9.73. The molecule has 334 valence electrons. The van der Waals surface area contributed by atoms with E-state index in [9.17, 15) is 33.5 Å². The Bertz CT molecular complexity index is 1320. The van der Waals surface area contributed by atoms with E-state index in [-0.39, 0.29) is 18.6 Å². The number of hydrogen-bond donors (Lipinski definition) is 4. The molecule has 14 nitrogen and oxygen atoms in total. The second-order valence-corrected chi connectivity index (χ2v) is 16.6. The van der Waals surface area contributed by atoms with Gasteiger partial charge < -0.3 is 29.3 Å². The van der Waals surface area contributed by atoms with Crippen LogP contribution in [-0.4, -0.2) is 76.1 Å². The van der Waals surface area contributed by atoms with Gasteiger partial charge in [0.1, 0.15) is 12.7 Å². The van der Waals surface area contributed by atoms with Crippen LogP contribution in [0.4, 0.5) is 0 Å². The zero-order valence-electron chi connectivity index (χ0n) is 34.9. The largest absolute Gasteiger partial charge is 0.472 e. The fourth-order valence-corrected chi connectivity index (χ4v) is 6.25. The highest BCUT2D eigenvalue weighted by Gasteiger charge is 2.28. The van der Waals surface area contributed by atoms with Crippen LogP contribution in [0.15, 0.2) is 60.8 Å². The Balaban J connectivity index is 4.68. The Morgan fingerprint density at radius 1 is 0.552 bits per heavy atom. The van der Waals surface area contributed by atoms with Gasteiger partial charge in [-0.15, -0.1) is 0 Å². The van der Waals surface area contributed by atoms with E-state index < -0.39 is 66.2 Å². The van der Waals surface area contributed by atoms with Gasteiger partial charge in [0.25, 0.3) is 0 Å². The second-order valence-electron chi connectivity index (χ2n) is 13.9. The highest BCUT2D eigenvalue weighted by Crippen LogP contribution is 2.43. The summed E-state index contributed by atoms with van der Waals surface area (Å²) in [6.45, 7) is 1.46. The van der Waals surface area contributed by atoms with Crippen molar-refractivity contribution in [2.45, 2.75) is 161 Å². The highest BCUT2D eigenvalue weighted by atomic mass is 31.2. The lowest BCUT2D eigenvalue weighted by atomic mass is 10.1. The Labute approximate surface area is 347 Å². The summed E-state index contributed by atoms with van der Waals surface area (Å²) < 4.78 is 47.6. The van der Waals surface area contributed by atoms with Crippen LogP contribution < -0.4 is 0 Å². The number of phosphoric ester groups is 2. The van der Waals surface area contributed by atoms with Crippen LogP contribution >= 0.6 is 15.6 Å². The lowest BCUT2D eigenvalue weighted by Gasteiger charge is -2.20. The van der Waals surface area contributed by atoms with Crippen LogP contribution in [0.2, 0.25) is 0 Å². The molecule has 0 aromatic heterocycles. The molecule has 58 heavy (non-hydrogen) atoms. The van der Waals surface area contributed by atoms with Crippen molar-refractivity contribution >= 4 is 33.4 Å². The first-order valence-electron chi connectivity index (χ1n) is 20.9. The van der Waals surface area contributed by atoms with Gasteiger partial charge in [0.05, 0.1) is 19.8 Å². The zero-order valence-corrected chi connectivity index (χ0v) is 36.7. The molecule has 0 aliphatic rings. The van der Waals surface area contributed by atoms with E-state index in [1.165, 1.54) is 19.3 Å². The van der Waals surface area contributed by atoms with E-state index in [4.69, 9.17) is 23.8 Å². The van der Waals surface area contributed by atoms with E-state index in [2.05, 4.69) is 59.4 Å². The van der Waals surface area contributed by atoms with Crippen molar-refractivity contribution in [1.82, 2.24) is 0 Å². The molecule has 0 rings (SSSR count). The van der Waals surface area contributed by atoms with E-state index in [0.717, 1.165) is 83.5 Å². The summed E-state index contributed by atoms with van der Waals surface area (Å²) >= 11 is 0. The second kappa shape index (κ2) is 37.5. The molecule has 0 saturated heterocycles. The maximum atomic E-state index is 12.6. The van der Waals surface area contributed by atoms with Crippen molar-refractivity contribution in [2.24, 2.45) is 0 Å². The number of carbonyl (C=O) groups excluding carboxylic acids is 3. The van der Waals surface area contributed by atoms with E-state index >= 15 is 0 Å². The molecule has 3 atom stereocenters. The molecule has 0 saturated carbocycles. The normalized spacial score (nSPS) is 14.6. The zero-order chi connectivity index (χ0) is 43.2. The number of ether oxygens (including phenoxy) is 2. The molecular weight excluding hydrogens is 790 g/mol. The number of hydrogen-bond acceptors (Lipinski definition) is 11. The number of aliphatic hydroxyl groups excluding tert-OH is 1. The lowest BCUT2D eigenvalue weighted by molar-refractivity contribution is -0.161. The third kappa shape index (κ3) is 40.3. The Morgan fingerprint density at radius 2 is 1.05 bits per heavy atom. The Hall–Kier alpha value is -2.51. The first-order valence-corrected chi connectivity index (χ1v) is 24.0. The van der Waals surface area contributed by atoms with Gasteiger partial charge in [-0.05, 0) is 76.7 Å². The molecule has 0 amide bonds. The number of rotatable bonds is 39. The number of esters is 2. The number of aliphatic hydroxyl groups is 1. The number of unbranched alkanes of at least 4 members (excludes halogenated alkanes) is 12. The topological polar surface area (TPSA) is 212 Å². The minimum absolute atomic E-state index is 0.0694. The summed E-state index contributed by atoms with van der Waals surface area (Å²) in [5.41, 5.74) is 0. The molecule has 4 N–H and O–H groups in total. The van der Waals surface area contributed by atoms with E-state index in [0.29, 0.717) is 19.3 Å². The first kappa shape index (κ1) is 55.5. The van der Waals surface area contributed by atoms with Gasteiger partial charge in [0, 0.05) is 19.3 Å². The number of ketones is 1. The molecule has 0 fully saturated rings. The number of phosphoric acid groups is 2. The molecule has 0 aliphatic carbocycles. The average Bonchev–Trinajstić information content (AvgIpc) is 3.17. The van der Waals surface area contributed by atoms with Gasteiger partial charge >= 0.3 is 27.6 Å². The van der Waals surface area contributed by atoms with Gasteiger partial charge in [-0.25, -0.2) is 9.13 Å². The van der Waals surface area contributed by atoms with Gasteiger partial charge in [0.2, 0.25) is 0 Å². The maximum absolute atomic E-state index is 12.6. The average molecular weight is 863 g/mol. The van der Waals surface area contributed by atoms with Crippen LogP contribution in [0.3, 0.4) is 0 Å². The number of carbonyl (C=O) groups is 3. The molecule has 16 heteroatoms. The third-order valence-electron chi connectivity index (χ3n) is 8.35. The molecule has 0 radical (unpaired) electrons. The van der Waals surface area contributed by atoms with E-state index in [1.54, 1.807) is 12.2 Å². The summed E-state index contributed by atoms with van der Waals surface area (Å²) in [7, 11) is -9.71. The van der Waals surface area contributed by atoms with Gasteiger partial charge in [0.15, 0.2) is 11.9 Å². The van der Waals surface area contributed by atoms with Crippen molar-refractivity contribution in [1.29, 1.82) is 0 Å². The fraction of sp³-hybridized carbons (Fsp3) is 0.690. The monoisotopic (exact) mass is 862 g/mol. The number of allylic oxidation sites excluding steroid dienone is 10. The summed E-state index contributed by atoms with van der Waals surface area (Å²) in [5.74, 6) is -1.00. The van der Waals surface area contributed by atoms with Gasteiger partial charge in [-0.2, -0.15) is 0 Å². The third-order valence-corrected chi connectivity index (χ3v) is 9.78.